The largest absolute Gasteiger partial charge is 0.504 e. The molecule has 6 heteroatoms. The molecule has 0 amide bonds. The van der Waals surface area contributed by atoms with Gasteiger partial charge in [0.25, 0.3) is 0 Å². The molecule has 0 saturated carbocycles. The van der Waals surface area contributed by atoms with Crippen LogP contribution in [0.25, 0.3) is 6.08 Å². The van der Waals surface area contributed by atoms with Gasteiger partial charge in [0.15, 0.2) is 11.6 Å². The van der Waals surface area contributed by atoms with Crippen LogP contribution >= 0.6 is 15.9 Å². The van der Waals surface area contributed by atoms with Crippen LogP contribution in [0.1, 0.15) is 40.2 Å². The smallest absolute Gasteiger partial charge is 0.490 e. The summed E-state index contributed by atoms with van der Waals surface area (Å²) in [7, 11) is -0.517. The second-order valence-corrected chi connectivity index (χ2v) is 7.22. The van der Waals surface area contributed by atoms with E-state index in [-0.39, 0.29) is 5.75 Å². The van der Waals surface area contributed by atoms with Crippen molar-refractivity contribution in [2.75, 3.05) is 0 Å². The summed E-state index contributed by atoms with van der Waals surface area (Å²) < 4.78 is 25.9. The van der Waals surface area contributed by atoms with Gasteiger partial charge in [-0.1, -0.05) is 22.0 Å². The van der Waals surface area contributed by atoms with Gasteiger partial charge in [-0.2, -0.15) is 0 Å². The number of aromatic hydroxyl groups is 1. The van der Waals surface area contributed by atoms with Crippen molar-refractivity contribution in [3.8, 4) is 5.75 Å². The van der Waals surface area contributed by atoms with Gasteiger partial charge < -0.3 is 14.4 Å². The summed E-state index contributed by atoms with van der Waals surface area (Å²) in [5.41, 5.74) is 0.282. The van der Waals surface area contributed by atoms with E-state index in [0.29, 0.717) is 10.0 Å². The van der Waals surface area contributed by atoms with Gasteiger partial charge in [0.2, 0.25) is 0 Å². The van der Waals surface area contributed by atoms with E-state index in [0.717, 1.165) is 5.47 Å². The lowest BCUT2D eigenvalue weighted by Gasteiger charge is -2.32. The van der Waals surface area contributed by atoms with Crippen molar-refractivity contribution in [3.05, 3.63) is 33.5 Å². The predicted molar refractivity (Wildman–Crippen MR) is 85.5 cm³/mol. The van der Waals surface area contributed by atoms with Crippen LogP contribution < -0.4 is 0 Å². The molecule has 2 rings (SSSR count). The van der Waals surface area contributed by atoms with Crippen LogP contribution in [0, 0.1) is 5.82 Å². The molecular weight excluding hydrogens is 338 g/mol. The van der Waals surface area contributed by atoms with Crippen molar-refractivity contribution in [1.29, 1.82) is 0 Å². The molecule has 0 aliphatic carbocycles. The molecule has 0 radical (unpaired) electrons. The Labute approximate surface area is 133 Å². The van der Waals surface area contributed by atoms with Crippen molar-refractivity contribution in [1.82, 2.24) is 0 Å². The molecule has 114 valence electrons. The first-order chi connectivity index (χ1) is 9.53. The van der Waals surface area contributed by atoms with Gasteiger partial charge >= 0.3 is 7.12 Å². The molecule has 1 aromatic carbocycles. The van der Waals surface area contributed by atoms with E-state index >= 15 is 0 Å². The van der Waals surface area contributed by atoms with Crippen LogP contribution in [0.4, 0.5) is 4.39 Å². The zero-order valence-electron chi connectivity index (χ0n) is 12.8. The van der Waals surface area contributed by atoms with Gasteiger partial charge in [0.1, 0.15) is 0 Å². The fraction of sp³-hybridized carbons (Fsp3) is 0.467. The van der Waals surface area contributed by atoms with Crippen molar-refractivity contribution >= 4 is 29.1 Å². The number of rotatable bonds is 2. The van der Waals surface area contributed by atoms with Gasteiger partial charge in [-0.15, -0.1) is 0 Å². The van der Waals surface area contributed by atoms with E-state index in [9.17, 15) is 9.50 Å². The quantitative estimate of drug-likeness (QED) is 0.801. The van der Waals surface area contributed by atoms with Crippen molar-refractivity contribution in [3.63, 3.8) is 0 Å². The molecule has 0 atom stereocenters. The van der Waals surface area contributed by atoms with Crippen LogP contribution in [0.3, 0.4) is 0 Å². The highest BCUT2D eigenvalue weighted by Crippen LogP contribution is 2.39. The average Bonchev–Trinajstić information content (AvgIpc) is 2.55. The van der Waals surface area contributed by atoms with Crippen LogP contribution in [0.15, 0.2) is 22.1 Å². The second-order valence-electron chi connectivity index (χ2n) is 6.30. The highest BCUT2D eigenvalue weighted by molar-refractivity contribution is 9.10. The molecular formula is C15H19BBrFO3. The Kier molecular flexibility index (Phi) is 4.26. The highest BCUT2D eigenvalue weighted by atomic mass is 79.9. The molecule has 1 aliphatic rings. The second kappa shape index (κ2) is 5.41. The van der Waals surface area contributed by atoms with E-state index < -0.39 is 24.1 Å². The third-order valence-corrected chi connectivity index (χ3v) is 4.52. The van der Waals surface area contributed by atoms with E-state index in [1.54, 1.807) is 12.1 Å². The summed E-state index contributed by atoms with van der Waals surface area (Å²) in [4.78, 5) is 0. The number of hydrogen-bond acceptors (Lipinski definition) is 3. The highest BCUT2D eigenvalue weighted by Gasteiger charge is 2.51. The first-order valence-electron chi connectivity index (χ1n) is 6.75. The fourth-order valence-electron chi connectivity index (χ4n) is 2.04. The number of phenolic OH excluding ortho intramolecular Hbond substituents is 1. The maximum absolute atomic E-state index is 13.5. The summed E-state index contributed by atoms with van der Waals surface area (Å²) in [6, 6.07) is 2.87. The molecule has 0 aromatic heterocycles. The molecule has 0 spiro atoms. The zero-order chi connectivity index (χ0) is 16.0. The minimum atomic E-state index is -0.669. The lowest BCUT2D eigenvalue weighted by atomic mass is 9.78. The van der Waals surface area contributed by atoms with Crippen LogP contribution in [0.5, 0.6) is 5.75 Å². The molecule has 1 heterocycles. The molecule has 0 bridgehead atoms. The van der Waals surface area contributed by atoms with Crippen LogP contribution in [-0.4, -0.2) is 23.4 Å². The van der Waals surface area contributed by atoms with E-state index in [1.165, 1.54) is 6.07 Å². The number of hydrogen-bond donors (Lipinski definition) is 1. The van der Waals surface area contributed by atoms with Crippen LogP contribution in [-0.2, 0) is 9.31 Å². The van der Waals surface area contributed by atoms with Crippen LogP contribution in [0.2, 0.25) is 0 Å². The topological polar surface area (TPSA) is 38.7 Å². The molecule has 3 nitrogen and oxygen atoms in total. The van der Waals surface area contributed by atoms with Crippen molar-refractivity contribution < 1.29 is 18.8 Å². The minimum absolute atomic E-state index is 0.380. The monoisotopic (exact) mass is 356 g/mol. The Bertz CT molecular complexity index is 583. The summed E-state index contributed by atoms with van der Waals surface area (Å²) in [5.74, 6) is -1.05. The summed E-state index contributed by atoms with van der Waals surface area (Å²) >= 11 is 3.21. The lowest BCUT2D eigenvalue weighted by molar-refractivity contribution is 0.00578. The molecule has 21 heavy (non-hydrogen) atoms. The minimum Gasteiger partial charge on any atom is -0.504 e. The standard InChI is InChI=1S/C15H19BBrFO3/c1-9(16-20-14(2,3)15(4,5)21-16)6-10-7-11(17)8-12(18)13(10)19/h6-8,19H,1-5H3/b9-6+. The van der Waals surface area contributed by atoms with Crippen molar-refractivity contribution in [2.24, 2.45) is 0 Å². The molecule has 0 unspecified atom stereocenters. The molecule has 1 saturated heterocycles. The van der Waals surface area contributed by atoms with E-state index in [1.807, 2.05) is 34.6 Å². The Morgan fingerprint density at radius 2 is 1.76 bits per heavy atom. The molecule has 1 aromatic rings. The van der Waals surface area contributed by atoms with Gasteiger partial charge in [-0.05, 0) is 52.2 Å². The first-order valence-corrected chi connectivity index (χ1v) is 7.54. The number of benzene rings is 1. The van der Waals surface area contributed by atoms with Gasteiger partial charge in [0, 0.05) is 10.0 Å². The first kappa shape index (κ1) is 16.5. The maximum atomic E-state index is 13.5. The third-order valence-electron chi connectivity index (χ3n) is 4.07. The molecule has 1 aliphatic heterocycles. The van der Waals surface area contributed by atoms with E-state index in [2.05, 4.69) is 15.9 Å². The summed E-state index contributed by atoms with van der Waals surface area (Å²) in [6.45, 7) is 9.71. The molecule has 1 N–H and O–H groups in total. The zero-order valence-corrected chi connectivity index (χ0v) is 14.4. The predicted octanol–water partition coefficient (Wildman–Crippen LogP) is 4.33. The Hall–Kier alpha value is -0.845. The number of halogens is 2. The normalized spacial score (nSPS) is 20.9. The number of phenols is 1. The Morgan fingerprint density at radius 3 is 2.29 bits per heavy atom. The molecule has 1 fully saturated rings. The lowest BCUT2D eigenvalue weighted by Crippen LogP contribution is -2.41. The summed E-state index contributed by atoms with van der Waals surface area (Å²) in [6.07, 6.45) is 1.67. The average molecular weight is 357 g/mol. The van der Waals surface area contributed by atoms with Crippen molar-refractivity contribution in [2.45, 2.75) is 45.8 Å². The van der Waals surface area contributed by atoms with Gasteiger partial charge in [-0.25, -0.2) is 4.39 Å². The Balaban J connectivity index is 2.32. The summed E-state index contributed by atoms with van der Waals surface area (Å²) in [5, 5.41) is 9.80. The number of allylic oxidation sites excluding steroid dienone is 1. The van der Waals surface area contributed by atoms with Gasteiger partial charge in [0.05, 0.1) is 11.2 Å². The SMILES string of the molecule is C/C(=C\c1cc(Br)cc(F)c1O)B1OC(C)(C)C(C)(C)O1. The van der Waals surface area contributed by atoms with Gasteiger partial charge in [-0.3, -0.25) is 0 Å². The fourth-order valence-corrected chi connectivity index (χ4v) is 2.49. The van der Waals surface area contributed by atoms with E-state index in [4.69, 9.17) is 9.31 Å². The Morgan fingerprint density at radius 1 is 1.24 bits per heavy atom. The third kappa shape index (κ3) is 3.17. The maximum Gasteiger partial charge on any atom is 0.490 e.